The van der Waals surface area contributed by atoms with Crippen LogP contribution in [0.5, 0.6) is 0 Å². The average Bonchev–Trinajstić information content (AvgIpc) is 3.46. The van der Waals surface area contributed by atoms with Crippen LogP contribution in [-0.2, 0) is 4.79 Å². The molecule has 0 bridgehead atoms. The van der Waals surface area contributed by atoms with Gasteiger partial charge >= 0.3 is 0 Å². The minimum absolute atomic E-state index is 0.421. The first-order valence-electron chi connectivity index (χ1n) is 10.1. The molecule has 4 aliphatic rings. The lowest BCUT2D eigenvalue weighted by Gasteiger charge is -2.42. The van der Waals surface area contributed by atoms with Gasteiger partial charge in [-0.25, -0.2) is 0 Å². The first kappa shape index (κ1) is 17.2. The van der Waals surface area contributed by atoms with E-state index in [9.17, 15) is 4.79 Å². The van der Waals surface area contributed by atoms with Crippen LogP contribution in [0, 0.1) is 5.92 Å². The van der Waals surface area contributed by atoms with Crippen molar-refractivity contribution < 1.29 is 4.79 Å². The van der Waals surface area contributed by atoms with Crippen molar-refractivity contribution >= 4 is 17.7 Å². The van der Waals surface area contributed by atoms with E-state index in [2.05, 4.69) is 26.5 Å². The average molecular weight is 352 g/mol. The predicted octanol–water partition coefficient (Wildman–Crippen LogP) is 2.29. The Hall–Kier alpha value is -0.260. The zero-order valence-corrected chi connectivity index (χ0v) is 15.8. The molecular weight excluding hydrogens is 318 g/mol. The molecule has 4 fully saturated rings. The highest BCUT2D eigenvalue weighted by molar-refractivity contribution is 7.99. The molecule has 24 heavy (non-hydrogen) atoms. The van der Waals surface area contributed by atoms with E-state index in [-0.39, 0.29) is 0 Å². The second-order valence-electron chi connectivity index (χ2n) is 8.18. The van der Waals surface area contributed by atoms with Crippen molar-refractivity contribution in [3.05, 3.63) is 0 Å². The fraction of sp³-hybridized carbons (Fsp3) is 0.947. The van der Waals surface area contributed by atoms with E-state index in [1.807, 2.05) is 0 Å². The number of nitrogens with zero attached hydrogens (tertiary/aromatic N) is 3. The molecule has 4 nitrogen and oxygen atoms in total. The number of hydrogen-bond acceptors (Lipinski definition) is 4. The molecule has 1 saturated carbocycles. The molecule has 0 radical (unpaired) electrons. The van der Waals surface area contributed by atoms with Crippen molar-refractivity contribution in [3.8, 4) is 0 Å². The fourth-order valence-corrected chi connectivity index (χ4v) is 5.68. The Balaban J connectivity index is 1.25. The molecule has 0 N–H and O–H groups in total. The lowest BCUT2D eigenvalue weighted by molar-refractivity contribution is -0.130. The van der Waals surface area contributed by atoms with Gasteiger partial charge in [-0.1, -0.05) is 0 Å². The Morgan fingerprint density at radius 2 is 1.42 bits per heavy atom. The molecule has 3 saturated heterocycles. The summed E-state index contributed by atoms with van der Waals surface area (Å²) in [7, 11) is 0. The molecule has 136 valence electrons. The number of likely N-dealkylation sites (tertiary alicyclic amines) is 2. The molecular formula is C19H33N3OS. The van der Waals surface area contributed by atoms with Gasteiger partial charge in [0, 0.05) is 56.2 Å². The lowest BCUT2D eigenvalue weighted by Crippen LogP contribution is -2.50. The standard InChI is InChI=1S/C19H33N3OS/c23-19-4-3-17(7-10-22(19)15-16-1-2-16)20-8-5-18(6-9-20)21-11-13-24-14-12-21/h16-18H,1-15H2. The quantitative estimate of drug-likeness (QED) is 0.776. The summed E-state index contributed by atoms with van der Waals surface area (Å²) in [6.45, 7) is 7.13. The third kappa shape index (κ3) is 4.28. The Bertz CT molecular complexity index is 428. The summed E-state index contributed by atoms with van der Waals surface area (Å²) >= 11 is 2.11. The summed E-state index contributed by atoms with van der Waals surface area (Å²) in [5.41, 5.74) is 0. The number of carbonyl (C=O) groups is 1. The third-order valence-corrected chi connectivity index (χ3v) is 7.47. The van der Waals surface area contributed by atoms with Gasteiger partial charge < -0.3 is 9.80 Å². The Morgan fingerprint density at radius 1 is 0.792 bits per heavy atom. The van der Waals surface area contributed by atoms with Gasteiger partial charge in [0.2, 0.25) is 5.91 Å². The van der Waals surface area contributed by atoms with E-state index in [1.54, 1.807) is 0 Å². The molecule has 1 aliphatic carbocycles. The zero-order chi connectivity index (χ0) is 16.4. The van der Waals surface area contributed by atoms with Crippen LogP contribution in [0.25, 0.3) is 0 Å². The largest absolute Gasteiger partial charge is 0.342 e. The minimum atomic E-state index is 0.421. The number of amides is 1. The highest BCUT2D eigenvalue weighted by Gasteiger charge is 2.33. The van der Waals surface area contributed by atoms with Gasteiger partial charge in [-0.3, -0.25) is 9.69 Å². The molecule has 0 aromatic carbocycles. The van der Waals surface area contributed by atoms with E-state index < -0.39 is 0 Å². The van der Waals surface area contributed by atoms with Crippen LogP contribution in [0.3, 0.4) is 0 Å². The Kier molecular flexibility index (Phi) is 5.70. The summed E-state index contributed by atoms with van der Waals surface area (Å²) < 4.78 is 0. The summed E-state index contributed by atoms with van der Waals surface area (Å²) in [5, 5.41) is 0. The Morgan fingerprint density at radius 3 is 2.12 bits per heavy atom. The predicted molar refractivity (Wildman–Crippen MR) is 100 cm³/mol. The molecule has 5 heteroatoms. The Labute approximate surface area is 151 Å². The highest BCUT2D eigenvalue weighted by atomic mass is 32.2. The van der Waals surface area contributed by atoms with E-state index in [1.165, 1.54) is 69.8 Å². The third-order valence-electron chi connectivity index (χ3n) is 6.53. The SMILES string of the molecule is O=C1CCC(N2CCC(N3CCSCC3)CC2)CCN1CC1CC1. The second-order valence-corrected chi connectivity index (χ2v) is 9.40. The van der Waals surface area contributed by atoms with Crippen molar-refractivity contribution in [1.82, 2.24) is 14.7 Å². The summed E-state index contributed by atoms with van der Waals surface area (Å²) in [5.74, 6) is 3.89. The van der Waals surface area contributed by atoms with Crippen molar-refractivity contribution in [2.45, 2.75) is 57.0 Å². The van der Waals surface area contributed by atoms with Gasteiger partial charge in [-0.15, -0.1) is 0 Å². The first-order chi connectivity index (χ1) is 11.8. The maximum atomic E-state index is 12.4. The van der Waals surface area contributed by atoms with E-state index >= 15 is 0 Å². The maximum absolute atomic E-state index is 12.4. The summed E-state index contributed by atoms with van der Waals surface area (Å²) in [4.78, 5) is 20.0. The summed E-state index contributed by atoms with van der Waals surface area (Å²) in [6.07, 6.45) is 8.42. The molecule has 3 heterocycles. The van der Waals surface area contributed by atoms with E-state index in [4.69, 9.17) is 0 Å². The van der Waals surface area contributed by atoms with Gasteiger partial charge in [-0.2, -0.15) is 11.8 Å². The van der Waals surface area contributed by atoms with Crippen LogP contribution < -0.4 is 0 Å². The van der Waals surface area contributed by atoms with Crippen LogP contribution >= 0.6 is 11.8 Å². The molecule has 3 aliphatic heterocycles. The number of rotatable bonds is 4. The van der Waals surface area contributed by atoms with Gasteiger partial charge in [0.25, 0.3) is 0 Å². The summed E-state index contributed by atoms with van der Waals surface area (Å²) in [6, 6.07) is 1.47. The maximum Gasteiger partial charge on any atom is 0.222 e. The van der Waals surface area contributed by atoms with Crippen molar-refractivity contribution in [3.63, 3.8) is 0 Å². The number of piperidine rings is 1. The molecule has 1 unspecified atom stereocenters. The minimum Gasteiger partial charge on any atom is -0.342 e. The lowest BCUT2D eigenvalue weighted by atomic mass is 9.98. The number of thioether (sulfide) groups is 1. The van der Waals surface area contributed by atoms with Crippen LogP contribution in [0.1, 0.15) is 44.9 Å². The van der Waals surface area contributed by atoms with Crippen molar-refractivity contribution in [1.29, 1.82) is 0 Å². The normalized spacial score (nSPS) is 32.1. The van der Waals surface area contributed by atoms with Gasteiger partial charge in [0.15, 0.2) is 0 Å². The first-order valence-corrected chi connectivity index (χ1v) is 11.3. The molecule has 1 amide bonds. The molecule has 0 aromatic rings. The van der Waals surface area contributed by atoms with Crippen LogP contribution in [-0.4, -0.2) is 83.5 Å². The van der Waals surface area contributed by atoms with Crippen LogP contribution in [0.4, 0.5) is 0 Å². The van der Waals surface area contributed by atoms with Gasteiger partial charge in [0.05, 0.1) is 0 Å². The molecule has 0 spiro atoms. The van der Waals surface area contributed by atoms with Crippen LogP contribution in [0.2, 0.25) is 0 Å². The fourth-order valence-electron chi connectivity index (χ4n) is 4.75. The highest BCUT2D eigenvalue weighted by Crippen LogP contribution is 2.31. The number of hydrogen-bond donors (Lipinski definition) is 0. The molecule has 1 atom stereocenters. The molecule has 4 rings (SSSR count). The monoisotopic (exact) mass is 351 g/mol. The van der Waals surface area contributed by atoms with Gasteiger partial charge in [0.1, 0.15) is 0 Å². The smallest absolute Gasteiger partial charge is 0.222 e. The van der Waals surface area contributed by atoms with E-state index in [0.29, 0.717) is 11.9 Å². The van der Waals surface area contributed by atoms with Gasteiger partial charge in [-0.05, 0) is 57.5 Å². The zero-order valence-electron chi connectivity index (χ0n) is 15.0. The van der Waals surface area contributed by atoms with Crippen LogP contribution in [0.15, 0.2) is 0 Å². The second kappa shape index (κ2) is 7.96. The van der Waals surface area contributed by atoms with Crippen molar-refractivity contribution in [2.75, 3.05) is 50.8 Å². The molecule has 0 aromatic heterocycles. The topological polar surface area (TPSA) is 26.8 Å². The van der Waals surface area contributed by atoms with Crippen molar-refractivity contribution in [2.24, 2.45) is 5.92 Å². The number of carbonyl (C=O) groups excluding carboxylic acids is 1. The van der Waals surface area contributed by atoms with E-state index in [0.717, 1.165) is 37.9 Å².